The molecule has 0 radical (unpaired) electrons. The first kappa shape index (κ1) is 20.9. The number of benzene rings is 2. The number of anilines is 1. The molecule has 31 heavy (non-hydrogen) atoms. The summed E-state index contributed by atoms with van der Waals surface area (Å²) in [4.78, 5) is 30.6. The molecule has 2 N–H and O–H groups in total. The van der Waals surface area contributed by atoms with Crippen molar-refractivity contribution in [1.82, 2.24) is 9.88 Å². The molecule has 1 aliphatic carbocycles. The summed E-state index contributed by atoms with van der Waals surface area (Å²) in [7, 11) is 1.58. The fourth-order valence-electron chi connectivity index (χ4n) is 4.14. The standard InChI is InChI=1S/C24H26FN3O3/c1-31-21-12-7-16-13-17(23(29)27-22(16)14-21)15-28(20-5-3-2-4-6-20)24(30)26-19-10-8-18(25)9-11-19/h7-14,20H,2-6,15H2,1H3,(H,26,30)(H,27,29). The summed E-state index contributed by atoms with van der Waals surface area (Å²) >= 11 is 0. The van der Waals surface area contributed by atoms with Gasteiger partial charge in [0.25, 0.3) is 5.56 Å². The van der Waals surface area contributed by atoms with Crippen molar-refractivity contribution in [3.05, 3.63) is 70.3 Å². The van der Waals surface area contributed by atoms with Crippen LogP contribution in [0.3, 0.4) is 0 Å². The number of halogens is 1. The number of pyridine rings is 1. The highest BCUT2D eigenvalue weighted by Crippen LogP contribution is 2.25. The highest BCUT2D eigenvalue weighted by atomic mass is 19.1. The van der Waals surface area contributed by atoms with Crippen molar-refractivity contribution in [1.29, 1.82) is 0 Å². The fraction of sp³-hybridized carbons (Fsp3) is 0.333. The third-order valence-electron chi connectivity index (χ3n) is 5.84. The molecule has 0 spiro atoms. The van der Waals surface area contributed by atoms with E-state index in [0.29, 0.717) is 22.5 Å². The molecule has 2 aromatic carbocycles. The molecule has 6 nitrogen and oxygen atoms in total. The number of rotatable bonds is 5. The van der Waals surface area contributed by atoms with E-state index in [-0.39, 0.29) is 30.0 Å². The molecule has 0 bridgehead atoms. The largest absolute Gasteiger partial charge is 0.497 e. The zero-order valence-electron chi connectivity index (χ0n) is 17.5. The maximum absolute atomic E-state index is 13.2. The summed E-state index contributed by atoms with van der Waals surface area (Å²) in [5.41, 5.74) is 1.51. The van der Waals surface area contributed by atoms with Crippen LogP contribution in [0.15, 0.2) is 53.3 Å². The predicted octanol–water partition coefficient (Wildman–Crippen LogP) is 5.04. The van der Waals surface area contributed by atoms with Gasteiger partial charge in [0, 0.05) is 23.4 Å². The zero-order chi connectivity index (χ0) is 21.8. The molecule has 1 aliphatic rings. The van der Waals surface area contributed by atoms with Gasteiger partial charge < -0.3 is 19.9 Å². The number of carbonyl (C=O) groups excluding carboxylic acids is 1. The van der Waals surface area contributed by atoms with Crippen molar-refractivity contribution in [3.63, 3.8) is 0 Å². The van der Waals surface area contributed by atoms with Crippen molar-refractivity contribution in [2.24, 2.45) is 0 Å². The third-order valence-corrected chi connectivity index (χ3v) is 5.84. The number of nitrogens with zero attached hydrogens (tertiary/aromatic N) is 1. The second-order valence-electron chi connectivity index (χ2n) is 7.93. The lowest BCUT2D eigenvalue weighted by Crippen LogP contribution is -2.44. The van der Waals surface area contributed by atoms with Gasteiger partial charge in [0.05, 0.1) is 19.2 Å². The van der Waals surface area contributed by atoms with E-state index in [0.717, 1.165) is 37.5 Å². The van der Waals surface area contributed by atoms with Gasteiger partial charge in [-0.15, -0.1) is 0 Å². The van der Waals surface area contributed by atoms with Crippen LogP contribution in [-0.4, -0.2) is 29.1 Å². The van der Waals surface area contributed by atoms with E-state index < -0.39 is 0 Å². The molecule has 0 saturated heterocycles. The lowest BCUT2D eigenvalue weighted by molar-refractivity contribution is 0.162. The fourth-order valence-corrected chi connectivity index (χ4v) is 4.14. The van der Waals surface area contributed by atoms with Crippen LogP contribution in [0.4, 0.5) is 14.9 Å². The molecule has 1 heterocycles. The van der Waals surface area contributed by atoms with Crippen LogP contribution in [0.5, 0.6) is 5.75 Å². The Balaban J connectivity index is 1.62. The van der Waals surface area contributed by atoms with Crippen molar-refractivity contribution in [3.8, 4) is 5.75 Å². The van der Waals surface area contributed by atoms with Gasteiger partial charge >= 0.3 is 6.03 Å². The number of ether oxygens (including phenoxy) is 1. The number of carbonyl (C=O) groups is 1. The number of aromatic nitrogens is 1. The number of amides is 2. The van der Waals surface area contributed by atoms with Crippen LogP contribution in [0, 0.1) is 5.82 Å². The van der Waals surface area contributed by atoms with E-state index in [1.165, 1.54) is 24.3 Å². The summed E-state index contributed by atoms with van der Waals surface area (Å²) in [6.45, 7) is 0.203. The number of nitrogens with one attached hydrogen (secondary N) is 2. The van der Waals surface area contributed by atoms with Crippen LogP contribution < -0.4 is 15.6 Å². The van der Waals surface area contributed by atoms with Gasteiger partial charge in [0.1, 0.15) is 11.6 Å². The van der Waals surface area contributed by atoms with Crippen LogP contribution >= 0.6 is 0 Å². The molecule has 1 aromatic heterocycles. The Morgan fingerprint density at radius 2 is 1.87 bits per heavy atom. The molecular formula is C24H26FN3O3. The first-order valence-corrected chi connectivity index (χ1v) is 10.6. The summed E-state index contributed by atoms with van der Waals surface area (Å²) in [6, 6.07) is 12.8. The Morgan fingerprint density at radius 1 is 1.13 bits per heavy atom. The van der Waals surface area contributed by atoms with Gasteiger partial charge in [0.2, 0.25) is 0 Å². The second kappa shape index (κ2) is 9.20. The quantitative estimate of drug-likeness (QED) is 0.604. The molecule has 1 saturated carbocycles. The smallest absolute Gasteiger partial charge is 0.322 e. The van der Waals surface area contributed by atoms with E-state index in [4.69, 9.17) is 4.74 Å². The molecule has 0 unspecified atom stereocenters. The molecule has 0 aliphatic heterocycles. The number of aromatic amines is 1. The predicted molar refractivity (Wildman–Crippen MR) is 119 cm³/mol. The van der Waals surface area contributed by atoms with E-state index in [9.17, 15) is 14.0 Å². The van der Waals surface area contributed by atoms with Crippen LogP contribution in [0.25, 0.3) is 10.9 Å². The maximum atomic E-state index is 13.2. The molecule has 4 rings (SSSR count). The molecule has 3 aromatic rings. The van der Waals surface area contributed by atoms with E-state index in [1.807, 2.05) is 18.2 Å². The Kier molecular flexibility index (Phi) is 6.21. The van der Waals surface area contributed by atoms with Gasteiger partial charge in [-0.25, -0.2) is 9.18 Å². The Hall–Kier alpha value is -3.35. The lowest BCUT2D eigenvalue weighted by Gasteiger charge is -2.34. The van der Waals surface area contributed by atoms with Gasteiger partial charge in [-0.05, 0) is 60.7 Å². The van der Waals surface area contributed by atoms with E-state index >= 15 is 0 Å². The molecule has 1 fully saturated rings. The Bertz CT molecular complexity index is 1120. The molecule has 162 valence electrons. The second-order valence-corrected chi connectivity index (χ2v) is 7.93. The van der Waals surface area contributed by atoms with Crippen LogP contribution in [0.2, 0.25) is 0 Å². The Labute approximate surface area is 180 Å². The lowest BCUT2D eigenvalue weighted by atomic mass is 9.94. The average molecular weight is 423 g/mol. The van der Waals surface area contributed by atoms with Crippen LogP contribution in [0.1, 0.15) is 37.7 Å². The maximum Gasteiger partial charge on any atom is 0.322 e. The minimum absolute atomic E-state index is 0.0557. The highest BCUT2D eigenvalue weighted by molar-refractivity contribution is 5.89. The number of fused-ring (bicyclic) bond motifs is 1. The topological polar surface area (TPSA) is 74.4 Å². The zero-order valence-corrected chi connectivity index (χ0v) is 17.5. The van der Waals surface area contributed by atoms with Gasteiger partial charge in [0.15, 0.2) is 0 Å². The van der Waals surface area contributed by atoms with Gasteiger partial charge in [-0.3, -0.25) is 4.79 Å². The van der Waals surface area contributed by atoms with Crippen molar-refractivity contribution in [2.45, 2.75) is 44.7 Å². The van der Waals surface area contributed by atoms with E-state index in [1.54, 1.807) is 18.1 Å². The Morgan fingerprint density at radius 3 is 2.58 bits per heavy atom. The first-order chi connectivity index (χ1) is 15.0. The molecular weight excluding hydrogens is 397 g/mol. The van der Waals surface area contributed by atoms with Crippen molar-refractivity contribution >= 4 is 22.6 Å². The molecule has 7 heteroatoms. The number of hydrogen-bond donors (Lipinski definition) is 2. The van der Waals surface area contributed by atoms with E-state index in [2.05, 4.69) is 10.3 Å². The number of hydrogen-bond acceptors (Lipinski definition) is 3. The summed E-state index contributed by atoms with van der Waals surface area (Å²) in [5, 5.41) is 3.72. The number of methoxy groups -OCH3 is 1. The third kappa shape index (κ3) is 4.87. The SMILES string of the molecule is COc1ccc2cc(CN(C(=O)Nc3ccc(F)cc3)C3CCCCC3)c(=O)[nH]c2c1. The summed E-state index contributed by atoms with van der Waals surface area (Å²) < 4.78 is 18.4. The minimum Gasteiger partial charge on any atom is -0.497 e. The van der Waals surface area contributed by atoms with Crippen molar-refractivity contribution in [2.75, 3.05) is 12.4 Å². The molecule has 0 atom stereocenters. The first-order valence-electron chi connectivity index (χ1n) is 10.6. The molecule has 2 amide bonds. The summed E-state index contributed by atoms with van der Waals surface area (Å²) in [6.07, 6.45) is 5.07. The normalized spacial score (nSPS) is 14.4. The minimum atomic E-state index is -0.360. The van der Waals surface area contributed by atoms with Gasteiger partial charge in [-0.1, -0.05) is 19.3 Å². The number of H-pyrrole nitrogens is 1. The van der Waals surface area contributed by atoms with Gasteiger partial charge in [-0.2, -0.15) is 0 Å². The number of urea groups is 1. The van der Waals surface area contributed by atoms with Crippen molar-refractivity contribution < 1.29 is 13.9 Å². The summed E-state index contributed by atoms with van der Waals surface area (Å²) in [5.74, 6) is 0.305. The highest BCUT2D eigenvalue weighted by Gasteiger charge is 2.26. The average Bonchev–Trinajstić information content (AvgIpc) is 2.79. The van der Waals surface area contributed by atoms with Crippen LogP contribution in [-0.2, 0) is 6.54 Å². The monoisotopic (exact) mass is 423 g/mol.